The molecule has 0 aliphatic rings. The number of aromatic nitrogens is 2. The third-order valence-electron chi connectivity index (χ3n) is 3.93. The second kappa shape index (κ2) is 6.64. The van der Waals surface area contributed by atoms with Crippen molar-refractivity contribution in [1.82, 2.24) is 9.97 Å². The Balaban J connectivity index is 2.15. The van der Waals surface area contributed by atoms with Gasteiger partial charge in [-0.2, -0.15) is 0 Å². The van der Waals surface area contributed by atoms with E-state index in [0.717, 1.165) is 5.56 Å². The fraction of sp³-hybridized carbons (Fsp3) is 0.167. The second-order valence-electron chi connectivity index (χ2n) is 5.31. The zero-order valence-corrected chi connectivity index (χ0v) is 14.2. The number of benzene rings is 2. The van der Waals surface area contributed by atoms with Gasteiger partial charge in [-0.25, -0.2) is 4.98 Å². The third kappa shape index (κ3) is 2.91. The van der Waals surface area contributed by atoms with E-state index in [9.17, 15) is 5.11 Å². The Morgan fingerprint density at radius 2 is 1.68 bits per heavy atom. The number of anilines is 1. The molecule has 0 amide bonds. The van der Waals surface area contributed by atoms with Crippen LogP contribution in [-0.4, -0.2) is 36.4 Å². The number of hydrogen-bond acceptors (Lipinski definition) is 6. The maximum Gasteiger partial charge on any atom is 0.181 e. The third-order valence-corrected chi connectivity index (χ3v) is 3.93. The van der Waals surface area contributed by atoms with Gasteiger partial charge >= 0.3 is 0 Å². The van der Waals surface area contributed by atoms with E-state index < -0.39 is 0 Å². The molecule has 7 nitrogen and oxygen atoms in total. The number of aromatic amines is 1. The van der Waals surface area contributed by atoms with Crippen LogP contribution in [0.4, 0.5) is 5.69 Å². The van der Waals surface area contributed by atoms with Crippen molar-refractivity contribution in [2.24, 2.45) is 0 Å². The molecular weight excluding hydrogens is 322 g/mol. The number of rotatable bonds is 5. The number of methoxy groups -OCH3 is 3. The standard InChI is InChI=1S/C18H19N3O4/c1-23-11-6-10(7-12(8-11)24-2)16-17(21-9-20-16)13-4-5-14(25-3)18(22)15(13)19/h4-9,22H,19H2,1-3H3,(H,20,21). The summed E-state index contributed by atoms with van der Waals surface area (Å²) in [6, 6.07) is 8.90. The number of hydrogen-bond donors (Lipinski definition) is 3. The molecule has 0 aliphatic carbocycles. The molecule has 0 saturated carbocycles. The number of ether oxygens (including phenoxy) is 3. The fourth-order valence-corrected chi connectivity index (χ4v) is 2.63. The Morgan fingerprint density at radius 3 is 2.28 bits per heavy atom. The first-order chi connectivity index (χ1) is 12.1. The van der Waals surface area contributed by atoms with E-state index in [1.54, 1.807) is 38.7 Å². The average molecular weight is 341 g/mol. The first kappa shape index (κ1) is 16.5. The van der Waals surface area contributed by atoms with Gasteiger partial charge in [-0.05, 0) is 24.3 Å². The highest BCUT2D eigenvalue weighted by atomic mass is 16.5. The molecule has 1 aromatic heterocycles. The van der Waals surface area contributed by atoms with Gasteiger partial charge in [0.15, 0.2) is 11.5 Å². The number of phenols is 1. The summed E-state index contributed by atoms with van der Waals surface area (Å²) in [5.41, 5.74) is 9.03. The monoisotopic (exact) mass is 341 g/mol. The van der Waals surface area contributed by atoms with Gasteiger partial charge in [0.2, 0.25) is 0 Å². The van der Waals surface area contributed by atoms with Crippen molar-refractivity contribution >= 4 is 5.69 Å². The molecule has 7 heteroatoms. The Bertz CT molecular complexity index is 883. The van der Waals surface area contributed by atoms with Crippen LogP contribution in [0.3, 0.4) is 0 Å². The summed E-state index contributed by atoms with van der Waals surface area (Å²) in [6.07, 6.45) is 1.57. The molecule has 2 aromatic carbocycles. The predicted molar refractivity (Wildman–Crippen MR) is 95.2 cm³/mol. The Labute approximate surface area is 145 Å². The Morgan fingerprint density at radius 1 is 1.00 bits per heavy atom. The topological polar surface area (TPSA) is 103 Å². The lowest BCUT2D eigenvalue weighted by Gasteiger charge is -2.12. The van der Waals surface area contributed by atoms with Crippen molar-refractivity contribution < 1.29 is 19.3 Å². The van der Waals surface area contributed by atoms with Crippen LogP contribution in [0.5, 0.6) is 23.0 Å². The van der Waals surface area contributed by atoms with Crippen LogP contribution in [0.2, 0.25) is 0 Å². The van der Waals surface area contributed by atoms with Gasteiger partial charge < -0.3 is 30.0 Å². The van der Waals surface area contributed by atoms with Crippen LogP contribution >= 0.6 is 0 Å². The summed E-state index contributed by atoms with van der Waals surface area (Å²) >= 11 is 0. The maximum atomic E-state index is 10.2. The summed E-state index contributed by atoms with van der Waals surface area (Å²) in [4.78, 5) is 7.47. The van der Waals surface area contributed by atoms with Crippen LogP contribution in [0.25, 0.3) is 22.5 Å². The van der Waals surface area contributed by atoms with Crippen LogP contribution in [-0.2, 0) is 0 Å². The van der Waals surface area contributed by atoms with Crippen LogP contribution in [0.1, 0.15) is 0 Å². The molecule has 25 heavy (non-hydrogen) atoms. The number of nitrogens with two attached hydrogens (primary N) is 1. The molecular formula is C18H19N3O4. The van der Waals surface area contributed by atoms with Gasteiger partial charge in [-0.1, -0.05) is 0 Å². The minimum atomic E-state index is -0.108. The van der Waals surface area contributed by atoms with E-state index in [0.29, 0.717) is 34.2 Å². The normalized spacial score (nSPS) is 10.5. The number of imidazole rings is 1. The molecule has 0 aliphatic heterocycles. The summed E-state index contributed by atoms with van der Waals surface area (Å²) in [6.45, 7) is 0. The Hall–Kier alpha value is -3.35. The maximum absolute atomic E-state index is 10.2. The molecule has 130 valence electrons. The number of phenolic OH excluding ortho intramolecular Hbond substituents is 1. The first-order valence-corrected chi connectivity index (χ1v) is 7.51. The van der Waals surface area contributed by atoms with Gasteiger partial charge in [0.1, 0.15) is 11.5 Å². The quantitative estimate of drug-likeness (QED) is 0.487. The van der Waals surface area contributed by atoms with Crippen molar-refractivity contribution in [2.45, 2.75) is 0 Å². The van der Waals surface area contributed by atoms with Gasteiger partial charge in [-0.3, -0.25) is 0 Å². The molecule has 3 rings (SSSR count). The van der Waals surface area contributed by atoms with Crippen LogP contribution in [0.15, 0.2) is 36.7 Å². The molecule has 0 spiro atoms. The molecule has 1 heterocycles. The van der Waals surface area contributed by atoms with Gasteiger partial charge in [0.25, 0.3) is 0 Å². The molecule has 0 atom stereocenters. The highest BCUT2D eigenvalue weighted by Crippen LogP contribution is 2.42. The summed E-state index contributed by atoms with van der Waals surface area (Å²) < 4.78 is 15.7. The molecule has 0 fully saturated rings. The van der Waals surface area contributed by atoms with E-state index >= 15 is 0 Å². The minimum absolute atomic E-state index is 0.108. The fourth-order valence-electron chi connectivity index (χ4n) is 2.63. The average Bonchev–Trinajstić information content (AvgIpc) is 3.13. The molecule has 0 unspecified atom stereocenters. The van der Waals surface area contributed by atoms with Crippen molar-refractivity contribution in [3.63, 3.8) is 0 Å². The lowest BCUT2D eigenvalue weighted by molar-refractivity contribution is 0.375. The SMILES string of the molecule is COc1cc(OC)cc(-c2nc[nH]c2-c2ccc(OC)c(O)c2N)c1. The highest BCUT2D eigenvalue weighted by Gasteiger charge is 2.18. The van der Waals surface area contributed by atoms with Crippen molar-refractivity contribution in [1.29, 1.82) is 0 Å². The number of nitrogens with one attached hydrogen (secondary N) is 1. The number of H-pyrrole nitrogens is 1. The lowest BCUT2D eigenvalue weighted by atomic mass is 10.0. The zero-order chi connectivity index (χ0) is 18.0. The van der Waals surface area contributed by atoms with Crippen LogP contribution < -0.4 is 19.9 Å². The lowest BCUT2D eigenvalue weighted by Crippen LogP contribution is -1.95. The molecule has 4 N–H and O–H groups in total. The zero-order valence-electron chi connectivity index (χ0n) is 14.2. The van der Waals surface area contributed by atoms with Crippen molar-refractivity contribution in [3.05, 3.63) is 36.7 Å². The first-order valence-electron chi connectivity index (χ1n) is 7.51. The van der Waals surface area contributed by atoms with Gasteiger partial charge in [0, 0.05) is 17.2 Å². The predicted octanol–water partition coefficient (Wildman–Crippen LogP) is 3.06. The molecule has 0 saturated heterocycles. The van der Waals surface area contributed by atoms with E-state index in [-0.39, 0.29) is 11.4 Å². The molecule has 0 radical (unpaired) electrons. The summed E-state index contributed by atoms with van der Waals surface area (Å²) in [5, 5.41) is 10.2. The highest BCUT2D eigenvalue weighted by molar-refractivity contribution is 5.88. The summed E-state index contributed by atoms with van der Waals surface area (Å²) in [7, 11) is 4.64. The number of nitrogen functional groups attached to an aromatic ring is 1. The summed E-state index contributed by atoms with van der Waals surface area (Å²) in [5.74, 6) is 1.50. The number of nitrogens with zero attached hydrogens (tertiary/aromatic N) is 1. The van der Waals surface area contributed by atoms with E-state index in [1.165, 1.54) is 7.11 Å². The second-order valence-corrected chi connectivity index (χ2v) is 5.31. The molecule has 0 bridgehead atoms. The smallest absolute Gasteiger partial charge is 0.181 e. The van der Waals surface area contributed by atoms with E-state index in [2.05, 4.69) is 9.97 Å². The van der Waals surface area contributed by atoms with Crippen molar-refractivity contribution in [2.75, 3.05) is 27.1 Å². The number of aromatic hydroxyl groups is 1. The van der Waals surface area contributed by atoms with Crippen LogP contribution in [0, 0.1) is 0 Å². The van der Waals surface area contributed by atoms with Gasteiger partial charge in [-0.15, -0.1) is 0 Å². The van der Waals surface area contributed by atoms with E-state index in [4.69, 9.17) is 19.9 Å². The Kier molecular flexibility index (Phi) is 4.38. The van der Waals surface area contributed by atoms with Gasteiger partial charge in [0.05, 0.1) is 44.7 Å². The molecule has 3 aromatic rings. The minimum Gasteiger partial charge on any atom is -0.503 e. The largest absolute Gasteiger partial charge is 0.503 e. The van der Waals surface area contributed by atoms with Crippen molar-refractivity contribution in [3.8, 4) is 45.5 Å². The van der Waals surface area contributed by atoms with E-state index in [1.807, 2.05) is 12.1 Å².